The van der Waals surface area contributed by atoms with Crippen molar-refractivity contribution >= 4 is 24.9 Å². The molecule has 0 aromatic rings. The number of ether oxygens (including phenoxy) is 4. The Hall–Kier alpha value is -2.12. The molecule has 0 saturated heterocycles. The van der Waals surface area contributed by atoms with Crippen molar-refractivity contribution in [2.24, 2.45) is 58.2 Å². The van der Waals surface area contributed by atoms with E-state index in [1.54, 1.807) is 0 Å². The van der Waals surface area contributed by atoms with E-state index < -0.39 is 0 Å². The Kier molecular flexibility index (Phi) is 9.10. The van der Waals surface area contributed by atoms with E-state index in [4.69, 9.17) is 18.9 Å². The summed E-state index contributed by atoms with van der Waals surface area (Å²) >= 11 is 0. The average Bonchev–Trinajstić information content (AvgIpc) is 3.71. The minimum Gasteiger partial charge on any atom is -0.465 e. The molecule has 6 aliphatic carbocycles. The molecule has 0 heterocycles. The molecule has 252 valence electrons. The number of hydrogen-bond donors (Lipinski definition) is 0. The molecule has 6 fully saturated rings. The van der Waals surface area contributed by atoms with Gasteiger partial charge in [0, 0.05) is 24.7 Å². The van der Waals surface area contributed by atoms with Gasteiger partial charge in [-0.05, 0) is 130 Å². The van der Waals surface area contributed by atoms with E-state index in [0.29, 0.717) is 25.3 Å². The van der Waals surface area contributed by atoms with Crippen molar-refractivity contribution in [1.82, 2.24) is 0 Å². The fourth-order valence-corrected chi connectivity index (χ4v) is 12.7. The molecule has 0 radical (unpaired) electrons. The molecule has 0 amide bonds. The first kappa shape index (κ1) is 32.8. The zero-order valence-electron chi connectivity index (χ0n) is 28.2. The van der Waals surface area contributed by atoms with Crippen LogP contribution in [0.25, 0.3) is 0 Å². The van der Waals surface area contributed by atoms with Gasteiger partial charge < -0.3 is 18.9 Å². The van der Waals surface area contributed by atoms with Crippen LogP contribution in [0.1, 0.15) is 125 Å². The molecule has 8 heteroatoms. The third-order valence-corrected chi connectivity index (χ3v) is 14.9. The van der Waals surface area contributed by atoms with Crippen molar-refractivity contribution in [3.63, 3.8) is 0 Å². The van der Waals surface area contributed by atoms with Crippen LogP contribution in [0, 0.1) is 58.2 Å². The van der Waals surface area contributed by atoms with Crippen LogP contribution >= 0.6 is 0 Å². The number of hydrogen-bond acceptors (Lipinski definition) is 8. The fourth-order valence-electron chi connectivity index (χ4n) is 12.7. The van der Waals surface area contributed by atoms with Gasteiger partial charge >= 0.3 is 11.9 Å². The lowest BCUT2D eigenvalue weighted by Crippen LogP contribution is -2.63. The average molecular weight is 629 g/mol. The van der Waals surface area contributed by atoms with Gasteiger partial charge in [0.25, 0.3) is 12.9 Å². The molecule has 2 bridgehead atoms. The molecule has 6 aliphatic rings. The third kappa shape index (κ3) is 5.52. The predicted molar refractivity (Wildman–Crippen MR) is 166 cm³/mol. The van der Waals surface area contributed by atoms with Crippen molar-refractivity contribution in [3.8, 4) is 0 Å². The summed E-state index contributed by atoms with van der Waals surface area (Å²) in [6.07, 6.45) is 12.3. The number of rotatable bonds is 11. The molecule has 8 nitrogen and oxygen atoms in total. The summed E-state index contributed by atoms with van der Waals surface area (Å²) in [4.78, 5) is 48.9. The molecule has 0 aromatic heterocycles. The van der Waals surface area contributed by atoms with Gasteiger partial charge in [0.15, 0.2) is 0 Å². The molecular weight excluding hydrogens is 572 g/mol. The van der Waals surface area contributed by atoms with Gasteiger partial charge in [-0.15, -0.1) is 0 Å². The second kappa shape index (κ2) is 12.5. The summed E-state index contributed by atoms with van der Waals surface area (Å²) in [6.45, 7) is 11.8. The summed E-state index contributed by atoms with van der Waals surface area (Å²) in [5, 5.41) is 0. The molecule has 6 saturated carbocycles. The first-order valence-electron chi connectivity index (χ1n) is 18.1. The van der Waals surface area contributed by atoms with E-state index in [9.17, 15) is 19.2 Å². The maximum absolute atomic E-state index is 13.3. The topological polar surface area (TPSA) is 105 Å². The lowest BCUT2D eigenvalue weighted by atomic mass is 9.43. The first-order valence-corrected chi connectivity index (χ1v) is 18.1. The standard InChI is InChI=1S/C37H56O8/c1-6-37(19-24-8-9-25(37)15-24)45-33(41)12-7-22(2)28-10-11-29-34-30(18-32(36(28,29)5)44-23(3)40)35(4)14-13-27(42-20-38)16-26(35)17-31(34)43-21-39/h20-22,24-32,34H,6-19H2,1-5H3. The number of carbonyl (C=O) groups is 4. The van der Waals surface area contributed by atoms with Crippen molar-refractivity contribution in [2.45, 2.75) is 148 Å². The van der Waals surface area contributed by atoms with Crippen LogP contribution in [0.3, 0.4) is 0 Å². The van der Waals surface area contributed by atoms with E-state index in [2.05, 4.69) is 27.7 Å². The molecule has 0 aromatic carbocycles. The van der Waals surface area contributed by atoms with Gasteiger partial charge in [-0.3, -0.25) is 19.2 Å². The van der Waals surface area contributed by atoms with Crippen LogP contribution in [-0.4, -0.2) is 48.8 Å². The van der Waals surface area contributed by atoms with Crippen molar-refractivity contribution in [2.75, 3.05) is 0 Å². The van der Waals surface area contributed by atoms with Crippen molar-refractivity contribution < 1.29 is 38.1 Å². The Bertz CT molecular complexity index is 1140. The van der Waals surface area contributed by atoms with Gasteiger partial charge in [-0.2, -0.15) is 0 Å². The second-order valence-corrected chi connectivity index (χ2v) is 16.5. The fraction of sp³-hybridized carbons (Fsp3) is 0.892. The van der Waals surface area contributed by atoms with Crippen LogP contribution in [0.15, 0.2) is 0 Å². The molecule has 0 aliphatic heterocycles. The van der Waals surface area contributed by atoms with Crippen LogP contribution in [-0.2, 0) is 38.1 Å². The third-order valence-electron chi connectivity index (χ3n) is 14.9. The Balaban J connectivity index is 1.21. The maximum atomic E-state index is 13.3. The number of carbonyl (C=O) groups excluding carboxylic acids is 4. The summed E-state index contributed by atoms with van der Waals surface area (Å²) in [5.41, 5.74) is -0.553. The highest BCUT2D eigenvalue weighted by molar-refractivity contribution is 5.70. The first-order chi connectivity index (χ1) is 21.5. The molecule has 14 unspecified atom stereocenters. The van der Waals surface area contributed by atoms with Crippen LogP contribution < -0.4 is 0 Å². The van der Waals surface area contributed by atoms with Crippen molar-refractivity contribution in [3.05, 3.63) is 0 Å². The lowest BCUT2D eigenvalue weighted by Gasteiger charge is -2.64. The van der Waals surface area contributed by atoms with Gasteiger partial charge in [0.2, 0.25) is 0 Å². The minimum atomic E-state index is -0.281. The number of fused-ring (bicyclic) bond motifs is 7. The van der Waals surface area contributed by atoms with Crippen LogP contribution in [0.5, 0.6) is 0 Å². The quantitative estimate of drug-likeness (QED) is 0.140. The molecule has 0 N–H and O–H groups in total. The molecule has 6 rings (SSSR count). The Morgan fingerprint density at radius 3 is 2.33 bits per heavy atom. The molecule has 14 atom stereocenters. The van der Waals surface area contributed by atoms with Gasteiger partial charge in [0.1, 0.15) is 23.9 Å². The number of esters is 2. The van der Waals surface area contributed by atoms with Crippen LogP contribution in [0.2, 0.25) is 0 Å². The second-order valence-electron chi connectivity index (χ2n) is 16.5. The van der Waals surface area contributed by atoms with Crippen LogP contribution in [0.4, 0.5) is 0 Å². The van der Waals surface area contributed by atoms with Gasteiger partial charge in [-0.1, -0.05) is 27.7 Å². The summed E-state index contributed by atoms with van der Waals surface area (Å²) in [7, 11) is 0. The predicted octanol–water partition coefficient (Wildman–Crippen LogP) is 6.81. The Morgan fingerprint density at radius 1 is 0.911 bits per heavy atom. The summed E-state index contributed by atoms with van der Waals surface area (Å²) < 4.78 is 23.9. The highest BCUT2D eigenvalue weighted by Crippen LogP contribution is 2.69. The molecular formula is C37H56O8. The lowest BCUT2D eigenvalue weighted by molar-refractivity contribution is -0.221. The zero-order chi connectivity index (χ0) is 32.1. The van der Waals surface area contributed by atoms with Gasteiger partial charge in [0.05, 0.1) is 0 Å². The SMILES string of the molecule is CCC1(OC(=O)CCC(C)C2CCC3C4C(OC=O)CC5CC(OC=O)CCC5(C)C4CC(OC(C)=O)C23C)CC2CCC1C2. The Labute approximate surface area is 269 Å². The smallest absolute Gasteiger partial charge is 0.306 e. The molecule has 45 heavy (non-hydrogen) atoms. The maximum Gasteiger partial charge on any atom is 0.306 e. The summed E-state index contributed by atoms with van der Waals surface area (Å²) in [5.74, 6) is 2.38. The van der Waals surface area contributed by atoms with E-state index in [-0.39, 0.29) is 82.2 Å². The Morgan fingerprint density at radius 2 is 1.69 bits per heavy atom. The van der Waals surface area contributed by atoms with E-state index >= 15 is 0 Å². The highest BCUT2D eigenvalue weighted by atomic mass is 16.6. The zero-order valence-corrected chi connectivity index (χ0v) is 28.2. The van der Waals surface area contributed by atoms with Gasteiger partial charge in [-0.25, -0.2) is 0 Å². The van der Waals surface area contributed by atoms with E-state index in [1.165, 1.54) is 26.2 Å². The van der Waals surface area contributed by atoms with Crippen molar-refractivity contribution in [1.29, 1.82) is 0 Å². The normalized spacial score (nSPS) is 47.0. The largest absolute Gasteiger partial charge is 0.465 e. The summed E-state index contributed by atoms with van der Waals surface area (Å²) in [6, 6.07) is 0. The molecule has 0 spiro atoms. The highest BCUT2D eigenvalue weighted by Gasteiger charge is 2.67. The monoisotopic (exact) mass is 628 g/mol. The van der Waals surface area contributed by atoms with E-state index in [1.807, 2.05) is 0 Å². The van der Waals surface area contributed by atoms with E-state index in [0.717, 1.165) is 70.1 Å². The minimum absolute atomic E-state index is 0.0156.